The fraction of sp³-hybridized carbons (Fsp3) is 0.500. The monoisotopic (exact) mass is 1130 g/mol. The largest absolute Gasteiger partial charge is 0.370 e. The highest BCUT2D eigenvalue weighted by molar-refractivity contribution is 6.24. The zero-order valence-electron chi connectivity index (χ0n) is 48.2. The van der Waals surface area contributed by atoms with E-state index in [1.54, 1.807) is 25.1 Å². The number of amides is 7. The molecule has 6 fully saturated rings. The average Bonchev–Trinajstić information content (AvgIpc) is 3.02. The number of imide groups is 2. The quantitative estimate of drug-likeness (QED) is 0.103. The van der Waals surface area contributed by atoms with Gasteiger partial charge in [-0.2, -0.15) is 0 Å². The van der Waals surface area contributed by atoms with Crippen LogP contribution in [0, 0.1) is 18.2 Å². The molecule has 1 aliphatic carbocycles. The zero-order valence-corrected chi connectivity index (χ0v) is 48.2. The Kier molecular flexibility index (Phi) is 13.8. The van der Waals surface area contributed by atoms with Crippen LogP contribution in [0.1, 0.15) is 147 Å². The molecule has 434 valence electrons. The van der Waals surface area contributed by atoms with Crippen molar-refractivity contribution in [3.05, 3.63) is 100 Å². The van der Waals surface area contributed by atoms with Crippen LogP contribution < -0.4 is 25.8 Å². The molecule has 0 bridgehead atoms. The molecule has 5 saturated heterocycles. The van der Waals surface area contributed by atoms with Crippen LogP contribution in [0.5, 0.6) is 0 Å². The van der Waals surface area contributed by atoms with E-state index in [2.05, 4.69) is 78.2 Å². The number of rotatable bonds is 12. The van der Waals surface area contributed by atoms with E-state index in [9.17, 15) is 28.8 Å². The van der Waals surface area contributed by atoms with Gasteiger partial charge in [0, 0.05) is 96.3 Å². The van der Waals surface area contributed by atoms with Crippen molar-refractivity contribution in [2.75, 3.05) is 74.0 Å². The number of hydrogen-bond donors (Lipinski definition) is 3. The topological polar surface area (TPSA) is 193 Å². The highest BCUT2D eigenvalue weighted by Gasteiger charge is 2.56. The molecule has 9 heterocycles. The molecule has 3 N–H and O–H groups in total. The van der Waals surface area contributed by atoms with Gasteiger partial charge < -0.3 is 34.8 Å². The molecule has 1 atom stereocenters. The van der Waals surface area contributed by atoms with Crippen LogP contribution in [0.25, 0.3) is 22.2 Å². The second kappa shape index (κ2) is 21.0. The SMILES string of the molecule is Cc1cc(F)c(Nc2nc(-c3ccc4c(c3)N([C@H]3C[C@@H](N5CCCCC5)C3)C(=O)C43CCN(C(=O)CN4CCC5(CC4)CN(c4ccc6c(c4)C(=O)N(C4CCC(=O)NC4=O)C6=O)C5)CC3)cc3ccn(C(C)C)c23)cc1C(=O)NC(C)C. The molecule has 2 spiro atoms. The number of carbonyl (C=O) groups is 7. The van der Waals surface area contributed by atoms with Crippen molar-refractivity contribution in [3.63, 3.8) is 0 Å². The van der Waals surface area contributed by atoms with Gasteiger partial charge in [0.1, 0.15) is 11.9 Å². The maximum Gasteiger partial charge on any atom is 0.262 e. The van der Waals surface area contributed by atoms with Crippen molar-refractivity contribution < 1.29 is 38.0 Å². The Hall–Kier alpha value is -7.51. The summed E-state index contributed by atoms with van der Waals surface area (Å²) in [5, 5.41) is 9.42. The van der Waals surface area contributed by atoms with Crippen molar-refractivity contribution in [1.82, 2.24) is 39.8 Å². The van der Waals surface area contributed by atoms with Crippen LogP contribution in [0.4, 0.5) is 27.3 Å². The predicted molar refractivity (Wildman–Crippen MR) is 313 cm³/mol. The molecule has 83 heavy (non-hydrogen) atoms. The highest BCUT2D eigenvalue weighted by atomic mass is 19.1. The molecule has 7 aliphatic heterocycles. The van der Waals surface area contributed by atoms with Crippen molar-refractivity contribution in [2.24, 2.45) is 5.41 Å². The van der Waals surface area contributed by atoms with Gasteiger partial charge in [-0.3, -0.25) is 48.7 Å². The fourth-order valence-electron chi connectivity index (χ4n) is 14.8. The molecule has 0 radical (unpaired) electrons. The molecular formula is C64H74FN11O7. The minimum Gasteiger partial charge on any atom is -0.370 e. The molecule has 19 heteroatoms. The summed E-state index contributed by atoms with van der Waals surface area (Å²) in [5.74, 6) is -2.20. The Bertz CT molecular complexity index is 3520. The molecular weight excluding hydrogens is 1050 g/mol. The van der Waals surface area contributed by atoms with Crippen molar-refractivity contribution in [2.45, 2.75) is 141 Å². The summed E-state index contributed by atoms with van der Waals surface area (Å²) in [5.41, 5.74) is 5.94. The average molecular weight is 1130 g/mol. The lowest BCUT2D eigenvalue weighted by Gasteiger charge is -2.55. The Balaban J connectivity index is 0.699. The van der Waals surface area contributed by atoms with Crippen LogP contribution in [0.2, 0.25) is 0 Å². The van der Waals surface area contributed by atoms with Gasteiger partial charge in [0.2, 0.25) is 23.6 Å². The fourth-order valence-corrected chi connectivity index (χ4v) is 14.8. The number of nitrogens with one attached hydrogen (secondary N) is 3. The molecule has 2 aromatic heterocycles. The minimum absolute atomic E-state index is 0.0491. The predicted octanol–water partition coefficient (Wildman–Crippen LogP) is 7.84. The maximum absolute atomic E-state index is 16.0. The van der Waals surface area contributed by atoms with Gasteiger partial charge in [-0.05, 0) is 178 Å². The first-order valence-corrected chi connectivity index (χ1v) is 30.1. The molecule has 18 nitrogen and oxygen atoms in total. The van der Waals surface area contributed by atoms with E-state index < -0.39 is 40.9 Å². The van der Waals surface area contributed by atoms with E-state index in [1.807, 2.05) is 37.1 Å². The van der Waals surface area contributed by atoms with E-state index >= 15 is 9.18 Å². The lowest BCUT2D eigenvalue weighted by Crippen LogP contribution is -2.61. The number of piperidine rings is 4. The molecule has 1 saturated carbocycles. The molecule has 3 aromatic carbocycles. The van der Waals surface area contributed by atoms with E-state index in [1.165, 1.54) is 25.3 Å². The van der Waals surface area contributed by atoms with E-state index in [0.29, 0.717) is 61.2 Å². The van der Waals surface area contributed by atoms with Crippen LogP contribution in [-0.2, 0) is 24.6 Å². The number of aryl methyl sites for hydroxylation is 1. The number of hydrogen-bond acceptors (Lipinski definition) is 12. The molecule has 13 rings (SSSR count). The van der Waals surface area contributed by atoms with Gasteiger partial charge in [-0.15, -0.1) is 0 Å². The number of likely N-dealkylation sites (tertiary alicyclic amines) is 3. The van der Waals surface area contributed by atoms with E-state index in [-0.39, 0.29) is 70.9 Å². The number of anilines is 4. The summed E-state index contributed by atoms with van der Waals surface area (Å²) < 4.78 is 18.1. The first kappa shape index (κ1) is 54.7. The highest BCUT2D eigenvalue weighted by Crippen LogP contribution is 2.53. The first-order chi connectivity index (χ1) is 39.9. The van der Waals surface area contributed by atoms with Crippen molar-refractivity contribution >= 4 is 75.1 Å². The second-order valence-electron chi connectivity index (χ2n) is 25.6. The Morgan fingerprint density at radius 1 is 0.795 bits per heavy atom. The lowest BCUT2D eigenvalue weighted by atomic mass is 9.71. The maximum atomic E-state index is 16.0. The number of nitrogens with zero attached hydrogens (tertiary/aromatic N) is 8. The Morgan fingerprint density at radius 2 is 1.53 bits per heavy atom. The van der Waals surface area contributed by atoms with Crippen molar-refractivity contribution in [1.29, 1.82) is 0 Å². The smallest absolute Gasteiger partial charge is 0.262 e. The molecule has 1 unspecified atom stereocenters. The lowest BCUT2D eigenvalue weighted by molar-refractivity contribution is -0.137. The normalized spacial score (nSPS) is 23.3. The molecule has 8 aliphatic rings. The van der Waals surface area contributed by atoms with Gasteiger partial charge in [-0.25, -0.2) is 9.37 Å². The van der Waals surface area contributed by atoms with Crippen LogP contribution in [-0.4, -0.2) is 154 Å². The van der Waals surface area contributed by atoms with Crippen LogP contribution in [0.15, 0.2) is 66.9 Å². The summed E-state index contributed by atoms with van der Waals surface area (Å²) in [7, 11) is 0. The third-order valence-electron chi connectivity index (χ3n) is 19.6. The molecule has 5 aromatic rings. The van der Waals surface area contributed by atoms with E-state index in [0.717, 1.165) is 103 Å². The van der Waals surface area contributed by atoms with Crippen LogP contribution >= 0.6 is 0 Å². The number of fused-ring (bicyclic) bond motifs is 4. The minimum atomic E-state index is -1.01. The van der Waals surface area contributed by atoms with Crippen LogP contribution in [0.3, 0.4) is 0 Å². The van der Waals surface area contributed by atoms with Gasteiger partial charge in [0.25, 0.3) is 17.7 Å². The Morgan fingerprint density at radius 3 is 2.24 bits per heavy atom. The summed E-state index contributed by atoms with van der Waals surface area (Å²) in [6.07, 6.45) is 10.6. The number of benzene rings is 3. The third-order valence-corrected chi connectivity index (χ3v) is 19.6. The summed E-state index contributed by atoms with van der Waals surface area (Å²) in [6, 6.07) is 18.1. The number of halogens is 1. The first-order valence-electron chi connectivity index (χ1n) is 30.1. The van der Waals surface area contributed by atoms with Gasteiger partial charge in [0.05, 0.1) is 40.0 Å². The number of pyridine rings is 1. The zero-order chi connectivity index (χ0) is 57.8. The number of carbonyl (C=O) groups excluding carboxylic acids is 7. The summed E-state index contributed by atoms with van der Waals surface area (Å²) in [6.45, 7) is 16.3. The second-order valence-corrected chi connectivity index (χ2v) is 25.6. The van der Waals surface area contributed by atoms with Gasteiger partial charge in [0.15, 0.2) is 5.82 Å². The number of aromatic nitrogens is 2. The van der Waals surface area contributed by atoms with Gasteiger partial charge >= 0.3 is 0 Å². The standard InChI is InChI=1S/C64H74FN11O7/c1-37(2)66-58(79)46-33-51(49(65)27-39(46)5)68-57-56-41(15-22-74(56)38(3)4)28-50(67-57)40-9-12-48-53(29-40)75(44-30-43(31-44)71-20-7-6-8-21-71)62(83)64(48)18-25-72(26-19-64)55(78)34-70-23-16-63(17-24-70)35-73(36-63)42-10-11-45-47(32-42)61(82)76(60(45)81)52-13-14-54(77)69-59(52)80/h9-12,15,22,27-29,32-33,37-38,43-44,52H,6-8,13-14,16-21,23-26,30-31,34-36H2,1-5H3,(H,66,79)(H,67,68)(H,69,77,80)/t43-,44+,52?. The molecule has 7 amide bonds. The van der Waals surface area contributed by atoms with Gasteiger partial charge in [-0.1, -0.05) is 18.6 Å². The third kappa shape index (κ3) is 9.55. The van der Waals surface area contributed by atoms with E-state index in [4.69, 9.17) is 4.98 Å². The van der Waals surface area contributed by atoms with Crippen molar-refractivity contribution in [3.8, 4) is 11.3 Å². The Labute approximate surface area is 483 Å². The summed E-state index contributed by atoms with van der Waals surface area (Å²) in [4.78, 5) is 111. The summed E-state index contributed by atoms with van der Waals surface area (Å²) >= 11 is 0.